The predicted octanol–water partition coefficient (Wildman–Crippen LogP) is 2.68. The Kier molecular flexibility index (Phi) is 4.78. The van der Waals surface area contributed by atoms with E-state index in [4.69, 9.17) is 15.9 Å². The molecule has 0 unspecified atom stereocenters. The lowest BCUT2D eigenvalue weighted by Crippen LogP contribution is -2.28. The van der Waals surface area contributed by atoms with Crippen LogP contribution in [0.4, 0.5) is 4.79 Å². The molecule has 1 aromatic rings. The third kappa shape index (κ3) is 2.81. The molecule has 0 aliphatic carbocycles. The van der Waals surface area contributed by atoms with Gasteiger partial charge >= 0.3 is 0 Å². The second kappa shape index (κ2) is 6.58. The number of amides is 2. The average molecular weight is 317 g/mol. The Hall–Kier alpha value is -2.39. The minimum atomic E-state index is -0.386. The number of carbonyl (C=O) groups is 2. The van der Waals surface area contributed by atoms with Crippen LogP contribution in [0, 0.1) is 19.3 Å². The molecule has 2 rings (SSSR count). The zero-order valence-corrected chi connectivity index (χ0v) is 13.3. The standard InChI is InChI=1S/C16H15NO4S/c1-5-8-17-15(18)13(22-16(17)19)9-11-6-7-12(20-3)10(2)14(11)21-4/h1,6-7,9H,8H2,2-4H3. The van der Waals surface area contributed by atoms with Crippen LogP contribution in [0.3, 0.4) is 0 Å². The SMILES string of the molecule is C#CCN1C(=O)SC(=Cc2ccc(OC)c(C)c2OC)C1=O. The summed E-state index contributed by atoms with van der Waals surface area (Å²) in [4.78, 5) is 25.3. The smallest absolute Gasteiger partial charge is 0.294 e. The number of hydrogen-bond donors (Lipinski definition) is 0. The lowest BCUT2D eigenvalue weighted by molar-refractivity contribution is -0.122. The average Bonchev–Trinajstić information content (AvgIpc) is 2.76. The Bertz CT molecular complexity index is 703. The maximum Gasteiger partial charge on any atom is 0.294 e. The number of carbonyl (C=O) groups excluding carboxylic acids is 2. The first-order valence-corrected chi connectivity index (χ1v) is 7.25. The molecule has 0 atom stereocenters. The van der Waals surface area contributed by atoms with Gasteiger partial charge in [0.25, 0.3) is 11.1 Å². The molecule has 1 aromatic carbocycles. The molecular formula is C16H15NO4S. The van der Waals surface area contributed by atoms with Crippen LogP contribution in [-0.2, 0) is 4.79 Å². The lowest BCUT2D eigenvalue weighted by Gasteiger charge is -2.12. The Labute approximate surface area is 133 Å². The van der Waals surface area contributed by atoms with E-state index in [1.165, 1.54) is 0 Å². The van der Waals surface area contributed by atoms with Gasteiger partial charge < -0.3 is 9.47 Å². The van der Waals surface area contributed by atoms with Gasteiger partial charge in [-0.25, -0.2) is 0 Å². The van der Waals surface area contributed by atoms with E-state index < -0.39 is 0 Å². The van der Waals surface area contributed by atoms with Crippen molar-refractivity contribution in [3.05, 3.63) is 28.2 Å². The molecule has 22 heavy (non-hydrogen) atoms. The highest BCUT2D eigenvalue weighted by Gasteiger charge is 2.34. The van der Waals surface area contributed by atoms with Crippen molar-refractivity contribution in [3.8, 4) is 23.8 Å². The van der Waals surface area contributed by atoms with Crippen LogP contribution >= 0.6 is 11.8 Å². The summed E-state index contributed by atoms with van der Waals surface area (Å²) in [5.41, 5.74) is 1.52. The fourth-order valence-electron chi connectivity index (χ4n) is 2.17. The van der Waals surface area contributed by atoms with Crippen molar-refractivity contribution in [3.63, 3.8) is 0 Å². The fraction of sp³-hybridized carbons (Fsp3) is 0.250. The summed E-state index contributed by atoms with van der Waals surface area (Å²) in [6.07, 6.45) is 6.80. The third-order valence-corrected chi connectivity index (χ3v) is 4.13. The van der Waals surface area contributed by atoms with Gasteiger partial charge in [-0.1, -0.05) is 5.92 Å². The Balaban J connectivity index is 2.42. The van der Waals surface area contributed by atoms with Gasteiger partial charge in [-0.3, -0.25) is 14.5 Å². The quantitative estimate of drug-likeness (QED) is 0.631. The van der Waals surface area contributed by atoms with Crippen molar-refractivity contribution in [2.75, 3.05) is 20.8 Å². The highest BCUT2D eigenvalue weighted by atomic mass is 32.2. The van der Waals surface area contributed by atoms with Crippen LogP contribution in [0.2, 0.25) is 0 Å². The second-order valence-electron chi connectivity index (χ2n) is 4.49. The van der Waals surface area contributed by atoms with Gasteiger partial charge in [-0.2, -0.15) is 0 Å². The van der Waals surface area contributed by atoms with Gasteiger partial charge in [0.05, 0.1) is 25.7 Å². The van der Waals surface area contributed by atoms with Crippen molar-refractivity contribution >= 4 is 29.0 Å². The van der Waals surface area contributed by atoms with E-state index in [0.29, 0.717) is 22.0 Å². The first kappa shape index (κ1) is 16.0. The molecule has 1 aliphatic heterocycles. The van der Waals surface area contributed by atoms with Crippen molar-refractivity contribution in [1.82, 2.24) is 4.90 Å². The number of thioether (sulfide) groups is 1. The highest BCUT2D eigenvalue weighted by molar-refractivity contribution is 8.18. The predicted molar refractivity (Wildman–Crippen MR) is 85.8 cm³/mol. The molecule has 0 aromatic heterocycles. The number of nitrogens with zero attached hydrogens (tertiary/aromatic N) is 1. The summed E-state index contributed by atoms with van der Waals surface area (Å²) in [5.74, 6) is 3.21. The molecule has 1 aliphatic rings. The minimum Gasteiger partial charge on any atom is -0.496 e. The van der Waals surface area contributed by atoms with Crippen LogP contribution in [0.15, 0.2) is 17.0 Å². The Morgan fingerprint density at radius 2 is 2.05 bits per heavy atom. The van der Waals surface area contributed by atoms with Gasteiger partial charge in [0.15, 0.2) is 0 Å². The fourth-order valence-corrected chi connectivity index (χ4v) is 3.00. The number of terminal acetylenes is 1. The van der Waals surface area contributed by atoms with E-state index in [2.05, 4.69) is 5.92 Å². The molecule has 6 heteroatoms. The summed E-state index contributed by atoms with van der Waals surface area (Å²) >= 11 is 0.868. The molecule has 0 N–H and O–H groups in total. The summed E-state index contributed by atoms with van der Waals surface area (Å²) in [5, 5.41) is -0.363. The first-order valence-electron chi connectivity index (χ1n) is 6.43. The van der Waals surface area contributed by atoms with Crippen molar-refractivity contribution in [2.45, 2.75) is 6.92 Å². The molecule has 2 amide bonds. The van der Waals surface area contributed by atoms with Crippen LogP contribution in [-0.4, -0.2) is 36.8 Å². The molecule has 0 radical (unpaired) electrons. The normalized spacial score (nSPS) is 16.1. The minimum absolute atomic E-state index is 0.0270. The van der Waals surface area contributed by atoms with Gasteiger partial charge in [-0.05, 0) is 36.9 Å². The molecule has 1 heterocycles. The van der Waals surface area contributed by atoms with Crippen molar-refractivity contribution < 1.29 is 19.1 Å². The highest BCUT2D eigenvalue weighted by Crippen LogP contribution is 2.37. The maximum absolute atomic E-state index is 12.2. The van der Waals surface area contributed by atoms with E-state index in [0.717, 1.165) is 22.2 Å². The monoisotopic (exact) mass is 317 g/mol. The Morgan fingerprint density at radius 1 is 1.32 bits per heavy atom. The first-order chi connectivity index (χ1) is 10.5. The van der Waals surface area contributed by atoms with Crippen molar-refractivity contribution in [2.24, 2.45) is 0 Å². The summed E-state index contributed by atoms with van der Waals surface area (Å²) in [6.45, 7) is 1.83. The van der Waals surface area contributed by atoms with E-state index in [1.807, 2.05) is 6.92 Å². The molecule has 5 nitrogen and oxygen atoms in total. The van der Waals surface area contributed by atoms with E-state index >= 15 is 0 Å². The topological polar surface area (TPSA) is 55.8 Å². The molecular weight excluding hydrogens is 302 g/mol. The molecule has 0 bridgehead atoms. The van der Waals surface area contributed by atoms with Gasteiger partial charge in [0.2, 0.25) is 0 Å². The van der Waals surface area contributed by atoms with Gasteiger partial charge in [-0.15, -0.1) is 6.42 Å². The van der Waals surface area contributed by atoms with Crippen molar-refractivity contribution in [1.29, 1.82) is 0 Å². The molecule has 0 saturated carbocycles. The van der Waals surface area contributed by atoms with Gasteiger partial charge in [0, 0.05) is 11.1 Å². The lowest BCUT2D eigenvalue weighted by atomic mass is 10.1. The number of ether oxygens (including phenoxy) is 2. The molecule has 114 valence electrons. The van der Waals surface area contributed by atoms with Crippen LogP contribution in [0.1, 0.15) is 11.1 Å². The van der Waals surface area contributed by atoms with Gasteiger partial charge in [0.1, 0.15) is 11.5 Å². The zero-order valence-electron chi connectivity index (χ0n) is 12.5. The number of benzene rings is 1. The summed E-state index contributed by atoms with van der Waals surface area (Å²) in [6, 6.07) is 3.56. The maximum atomic E-state index is 12.2. The molecule has 1 fully saturated rings. The third-order valence-electron chi connectivity index (χ3n) is 3.22. The molecule has 0 spiro atoms. The van der Waals surface area contributed by atoms with Crippen LogP contribution in [0.25, 0.3) is 6.08 Å². The summed E-state index contributed by atoms with van der Waals surface area (Å²) in [7, 11) is 3.12. The Morgan fingerprint density at radius 3 is 2.64 bits per heavy atom. The number of methoxy groups -OCH3 is 2. The van der Waals surface area contributed by atoms with Crippen LogP contribution < -0.4 is 9.47 Å². The van der Waals surface area contributed by atoms with Crippen LogP contribution in [0.5, 0.6) is 11.5 Å². The largest absolute Gasteiger partial charge is 0.496 e. The number of hydrogen-bond acceptors (Lipinski definition) is 5. The summed E-state index contributed by atoms with van der Waals surface area (Å²) < 4.78 is 10.6. The number of rotatable bonds is 4. The number of imide groups is 1. The van der Waals surface area contributed by atoms with E-state index in [-0.39, 0.29) is 17.7 Å². The van der Waals surface area contributed by atoms with E-state index in [1.54, 1.807) is 32.4 Å². The zero-order chi connectivity index (χ0) is 16.3. The second-order valence-corrected chi connectivity index (χ2v) is 5.48. The molecule has 1 saturated heterocycles. The van der Waals surface area contributed by atoms with E-state index in [9.17, 15) is 9.59 Å².